The van der Waals surface area contributed by atoms with Gasteiger partial charge in [0.2, 0.25) is 5.91 Å². The van der Waals surface area contributed by atoms with Gasteiger partial charge in [0.25, 0.3) is 0 Å². The van der Waals surface area contributed by atoms with E-state index in [2.05, 4.69) is 10.2 Å². The van der Waals surface area contributed by atoms with Gasteiger partial charge in [0.05, 0.1) is 6.54 Å². The number of rotatable bonds is 6. The SMILES string of the molecule is CNCCC1CCN(CC(=O)N(C)C2CC2)CC1. The van der Waals surface area contributed by atoms with Crippen molar-refractivity contribution in [1.82, 2.24) is 15.1 Å². The van der Waals surface area contributed by atoms with Crippen molar-refractivity contribution < 1.29 is 4.79 Å². The molecule has 2 fully saturated rings. The van der Waals surface area contributed by atoms with E-state index >= 15 is 0 Å². The Hall–Kier alpha value is -0.610. The summed E-state index contributed by atoms with van der Waals surface area (Å²) in [6, 6.07) is 0.547. The maximum Gasteiger partial charge on any atom is 0.236 e. The number of likely N-dealkylation sites (N-methyl/N-ethyl adjacent to an activating group) is 1. The molecule has 104 valence electrons. The minimum Gasteiger partial charge on any atom is -0.342 e. The molecule has 0 unspecified atom stereocenters. The summed E-state index contributed by atoms with van der Waals surface area (Å²) >= 11 is 0. The molecule has 1 saturated carbocycles. The van der Waals surface area contributed by atoms with Gasteiger partial charge in [-0.15, -0.1) is 0 Å². The first kappa shape index (κ1) is 13.8. The number of amides is 1. The molecule has 1 aliphatic carbocycles. The van der Waals surface area contributed by atoms with Crippen molar-refractivity contribution in [3.63, 3.8) is 0 Å². The molecule has 1 heterocycles. The van der Waals surface area contributed by atoms with Gasteiger partial charge in [-0.05, 0) is 64.7 Å². The second-order valence-corrected chi connectivity index (χ2v) is 5.85. The summed E-state index contributed by atoms with van der Waals surface area (Å²) in [4.78, 5) is 16.3. The molecular formula is C14H27N3O. The summed E-state index contributed by atoms with van der Waals surface area (Å²) in [7, 11) is 3.97. The lowest BCUT2D eigenvalue weighted by atomic mass is 9.93. The molecule has 0 aromatic heterocycles. The molecule has 0 bridgehead atoms. The van der Waals surface area contributed by atoms with Crippen LogP contribution >= 0.6 is 0 Å². The van der Waals surface area contributed by atoms with E-state index in [1.807, 2.05) is 19.0 Å². The Morgan fingerprint density at radius 1 is 1.28 bits per heavy atom. The highest BCUT2D eigenvalue weighted by molar-refractivity contribution is 5.78. The number of piperidine rings is 1. The summed E-state index contributed by atoms with van der Waals surface area (Å²) in [5, 5.41) is 3.22. The zero-order valence-corrected chi connectivity index (χ0v) is 11.8. The third-order valence-electron chi connectivity index (χ3n) is 4.36. The highest BCUT2D eigenvalue weighted by Gasteiger charge is 2.30. The lowest BCUT2D eigenvalue weighted by Crippen LogP contribution is -2.43. The van der Waals surface area contributed by atoms with Crippen LogP contribution in [0.5, 0.6) is 0 Å². The van der Waals surface area contributed by atoms with Crippen molar-refractivity contribution in [1.29, 1.82) is 0 Å². The molecule has 4 nitrogen and oxygen atoms in total. The average molecular weight is 253 g/mol. The standard InChI is InChI=1S/C14H27N3O/c1-15-8-5-12-6-9-17(10-7-12)11-14(18)16(2)13-3-4-13/h12-13,15H,3-11H2,1-2H3. The lowest BCUT2D eigenvalue weighted by Gasteiger charge is -2.32. The second kappa shape index (κ2) is 6.53. The van der Waals surface area contributed by atoms with Gasteiger partial charge < -0.3 is 10.2 Å². The third-order valence-corrected chi connectivity index (χ3v) is 4.36. The summed E-state index contributed by atoms with van der Waals surface area (Å²) in [6.45, 7) is 3.94. The number of likely N-dealkylation sites (tertiary alicyclic amines) is 1. The van der Waals surface area contributed by atoms with Crippen LogP contribution in [-0.4, -0.2) is 62.0 Å². The van der Waals surface area contributed by atoms with Crippen molar-refractivity contribution in [3.8, 4) is 0 Å². The number of carbonyl (C=O) groups excluding carboxylic acids is 1. The van der Waals surface area contributed by atoms with Crippen molar-refractivity contribution in [2.24, 2.45) is 5.92 Å². The first-order valence-electron chi connectivity index (χ1n) is 7.33. The quantitative estimate of drug-likeness (QED) is 0.765. The predicted octanol–water partition coefficient (Wildman–Crippen LogP) is 0.929. The summed E-state index contributed by atoms with van der Waals surface area (Å²) in [5.41, 5.74) is 0. The number of hydrogen-bond acceptors (Lipinski definition) is 3. The van der Waals surface area contributed by atoms with E-state index in [9.17, 15) is 4.79 Å². The molecule has 2 rings (SSSR count). The second-order valence-electron chi connectivity index (χ2n) is 5.85. The molecule has 0 atom stereocenters. The Labute approximate surface area is 111 Å². The fraction of sp³-hybridized carbons (Fsp3) is 0.929. The third kappa shape index (κ3) is 3.95. The van der Waals surface area contributed by atoms with Gasteiger partial charge in [0.1, 0.15) is 0 Å². The zero-order chi connectivity index (χ0) is 13.0. The van der Waals surface area contributed by atoms with Crippen LogP contribution in [0.1, 0.15) is 32.1 Å². The van der Waals surface area contributed by atoms with Gasteiger partial charge in [-0.1, -0.05) is 0 Å². The van der Waals surface area contributed by atoms with Crippen LogP contribution in [-0.2, 0) is 4.79 Å². The minimum atomic E-state index is 0.311. The molecule has 1 aliphatic heterocycles. The Morgan fingerprint density at radius 2 is 1.94 bits per heavy atom. The van der Waals surface area contributed by atoms with E-state index in [4.69, 9.17) is 0 Å². The largest absolute Gasteiger partial charge is 0.342 e. The van der Waals surface area contributed by atoms with Crippen LogP contribution in [0.2, 0.25) is 0 Å². The molecule has 1 amide bonds. The fourth-order valence-corrected chi connectivity index (χ4v) is 2.75. The monoisotopic (exact) mass is 253 g/mol. The smallest absolute Gasteiger partial charge is 0.236 e. The van der Waals surface area contributed by atoms with Crippen molar-refractivity contribution in [2.75, 3.05) is 40.3 Å². The molecule has 1 saturated heterocycles. The van der Waals surface area contributed by atoms with E-state index < -0.39 is 0 Å². The molecule has 0 radical (unpaired) electrons. The van der Waals surface area contributed by atoms with E-state index in [0.29, 0.717) is 18.5 Å². The van der Waals surface area contributed by atoms with Gasteiger partial charge in [-0.2, -0.15) is 0 Å². The van der Waals surface area contributed by atoms with Crippen LogP contribution in [0.4, 0.5) is 0 Å². The van der Waals surface area contributed by atoms with Gasteiger partial charge in [-0.25, -0.2) is 0 Å². The number of carbonyl (C=O) groups is 1. The predicted molar refractivity (Wildman–Crippen MR) is 73.5 cm³/mol. The molecule has 18 heavy (non-hydrogen) atoms. The molecular weight excluding hydrogens is 226 g/mol. The number of nitrogens with one attached hydrogen (secondary N) is 1. The highest BCUT2D eigenvalue weighted by Crippen LogP contribution is 2.26. The van der Waals surface area contributed by atoms with Crippen molar-refractivity contribution in [3.05, 3.63) is 0 Å². The maximum atomic E-state index is 12.0. The van der Waals surface area contributed by atoms with Gasteiger partial charge in [0, 0.05) is 13.1 Å². The zero-order valence-electron chi connectivity index (χ0n) is 11.8. The molecule has 0 spiro atoms. The first-order chi connectivity index (χ1) is 8.70. The van der Waals surface area contributed by atoms with Crippen LogP contribution in [0.15, 0.2) is 0 Å². The van der Waals surface area contributed by atoms with E-state index in [1.165, 1.54) is 32.1 Å². The Bertz CT molecular complexity index is 270. The van der Waals surface area contributed by atoms with Crippen LogP contribution in [0.25, 0.3) is 0 Å². The van der Waals surface area contributed by atoms with Crippen LogP contribution in [0.3, 0.4) is 0 Å². The Balaban J connectivity index is 1.65. The summed E-state index contributed by atoms with van der Waals surface area (Å²) in [6.07, 6.45) is 6.19. The number of hydrogen-bond donors (Lipinski definition) is 1. The molecule has 0 aromatic rings. The van der Waals surface area contributed by atoms with Gasteiger partial charge in [-0.3, -0.25) is 9.69 Å². The minimum absolute atomic E-state index is 0.311. The van der Waals surface area contributed by atoms with Crippen molar-refractivity contribution in [2.45, 2.75) is 38.1 Å². The Kier molecular flexibility index (Phi) is 5.01. The highest BCUT2D eigenvalue weighted by atomic mass is 16.2. The summed E-state index contributed by atoms with van der Waals surface area (Å²) < 4.78 is 0. The Morgan fingerprint density at radius 3 is 2.50 bits per heavy atom. The van der Waals surface area contributed by atoms with E-state index in [1.54, 1.807) is 0 Å². The molecule has 2 aliphatic rings. The lowest BCUT2D eigenvalue weighted by molar-refractivity contribution is -0.132. The van der Waals surface area contributed by atoms with Crippen LogP contribution in [0, 0.1) is 5.92 Å². The topological polar surface area (TPSA) is 35.6 Å². The van der Waals surface area contributed by atoms with Gasteiger partial charge in [0.15, 0.2) is 0 Å². The molecule has 0 aromatic carbocycles. The first-order valence-corrected chi connectivity index (χ1v) is 7.33. The summed E-state index contributed by atoms with van der Waals surface area (Å²) in [5.74, 6) is 1.16. The molecule has 1 N–H and O–H groups in total. The van der Waals surface area contributed by atoms with E-state index in [0.717, 1.165) is 25.6 Å². The maximum absolute atomic E-state index is 12.0. The average Bonchev–Trinajstić information content (AvgIpc) is 3.21. The normalized spacial score (nSPS) is 22.1. The van der Waals surface area contributed by atoms with Gasteiger partial charge >= 0.3 is 0 Å². The number of nitrogens with zero attached hydrogens (tertiary/aromatic N) is 2. The van der Waals surface area contributed by atoms with Crippen LogP contribution < -0.4 is 5.32 Å². The van der Waals surface area contributed by atoms with Crippen molar-refractivity contribution >= 4 is 5.91 Å². The fourth-order valence-electron chi connectivity index (χ4n) is 2.75. The molecule has 4 heteroatoms. The van der Waals surface area contributed by atoms with E-state index in [-0.39, 0.29) is 0 Å².